The molecule has 1 N–H and O–H groups in total. The summed E-state index contributed by atoms with van der Waals surface area (Å²) < 4.78 is 5.45. The summed E-state index contributed by atoms with van der Waals surface area (Å²) in [5.41, 5.74) is 0.243. The first-order valence-electron chi connectivity index (χ1n) is 6.56. The van der Waals surface area contributed by atoms with Crippen LogP contribution in [0.2, 0.25) is 0 Å². The largest absolute Gasteiger partial charge is 0.379 e. The van der Waals surface area contributed by atoms with E-state index in [2.05, 4.69) is 45.0 Å². The van der Waals surface area contributed by atoms with E-state index in [1.54, 1.807) is 0 Å². The van der Waals surface area contributed by atoms with Crippen LogP contribution in [0.1, 0.15) is 34.1 Å². The second-order valence-electron chi connectivity index (χ2n) is 5.32. The number of rotatable bonds is 5. The van der Waals surface area contributed by atoms with Crippen LogP contribution in [-0.4, -0.2) is 49.8 Å². The number of ether oxygens (including phenoxy) is 1. The average molecular weight is 228 g/mol. The molecule has 1 heterocycles. The van der Waals surface area contributed by atoms with Gasteiger partial charge in [0.05, 0.1) is 13.2 Å². The lowest BCUT2D eigenvalue weighted by Crippen LogP contribution is -2.62. The third-order valence-electron chi connectivity index (χ3n) is 4.10. The van der Waals surface area contributed by atoms with Crippen molar-refractivity contribution in [3.05, 3.63) is 0 Å². The first kappa shape index (κ1) is 13.9. The highest BCUT2D eigenvalue weighted by molar-refractivity contribution is 4.97. The Hall–Kier alpha value is -0.120. The molecule has 0 saturated carbocycles. The summed E-state index contributed by atoms with van der Waals surface area (Å²) in [5, 5.41) is 3.51. The maximum Gasteiger partial charge on any atom is 0.0594 e. The average Bonchev–Trinajstić information content (AvgIpc) is 2.30. The van der Waals surface area contributed by atoms with E-state index in [9.17, 15) is 0 Å². The Bertz CT molecular complexity index is 202. The van der Waals surface area contributed by atoms with Crippen molar-refractivity contribution in [3.63, 3.8) is 0 Å². The van der Waals surface area contributed by atoms with Crippen molar-refractivity contribution in [1.29, 1.82) is 0 Å². The fourth-order valence-electron chi connectivity index (χ4n) is 3.08. The lowest BCUT2D eigenvalue weighted by molar-refractivity contribution is -0.0377. The molecule has 1 aliphatic heterocycles. The van der Waals surface area contributed by atoms with Crippen LogP contribution in [0.15, 0.2) is 0 Å². The molecular formula is C13H28N2O. The Kier molecular flexibility index (Phi) is 5.22. The van der Waals surface area contributed by atoms with Crippen molar-refractivity contribution in [3.8, 4) is 0 Å². The molecule has 96 valence electrons. The predicted molar refractivity (Wildman–Crippen MR) is 68.8 cm³/mol. The molecular weight excluding hydrogens is 200 g/mol. The van der Waals surface area contributed by atoms with Crippen LogP contribution in [0.4, 0.5) is 0 Å². The molecule has 1 aliphatic rings. The molecule has 1 saturated heterocycles. The minimum atomic E-state index is 0.243. The van der Waals surface area contributed by atoms with Crippen LogP contribution < -0.4 is 5.32 Å². The zero-order valence-corrected chi connectivity index (χ0v) is 11.5. The SMILES string of the molecule is CCC(C)(C(NC)C(C)C)N1CCOCC1. The van der Waals surface area contributed by atoms with Gasteiger partial charge in [-0.1, -0.05) is 20.8 Å². The normalized spacial score (nSPS) is 24.4. The summed E-state index contributed by atoms with van der Waals surface area (Å²) in [6, 6.07) is 0.538. The van der Waals surface area contributed by atoms with E-state index in [-0.39, 0.29) is 5.54 Å². The van der Waals surface area contributed by atoms with E-state index in [0.29, 0.717) is 12.0 Å². The van der Waals surface area contributed by atoms with Crippen LogP contribution >= 0.6 is 0 Å². The Labute approximate surface area is 101 Å². The molecule has 3 heteroatoms. The monoisotopic (exact) mass is 228 g/mol. The molecule has 0 amide bonds. The summed E-state index contributed by atoms with van der Waals surface area (Å²) >= 11 is 0. The van der Waals surface area contributed by atoms with E-state index >= 15 is 0 Å². The van der Waals surface area contributed by atoms with Crippen molar-refractivity contribution in [2.75, 3.05) is 33.4 Å². The number of hydrogen-bond donors (Lipinski definition) is 1. The highest BCUT2D eigenvalue weighted by Crippen LogP contribution is 2.28. The molecule has 0 aromatic rings. The van der Waals surface area contributed by atoms with Gasteiger partial charge in [-0.15, -0.1) is 0 Å². The Balaban J connectivity index is 2.80. The fraction of sp³-hybridized carbons (Fsp3) is 1.00. The highest BCUT2D eigenvalue weighted by atomic mass is 16.5. The number of hydrogen-bond acceptors (Lipinski definition) is 3. The van der Waals surface area contributed by atoms with Gasteiger partial charge in [0.1, 0.15) is 0 Å². The van der Waals surface area contributed by atoms with Gasteiger partial charge in [-0.05, 0) is 26.3 Å². The molecule has 1 rings (SSSR count). The number of nitrogens with one attached hydrogen (secondary N) is 1. The summed E-state index contributed by atoms with van der Waals surface area (Å²) in [6.45, 7) is 13.2. The zero-order valence-electron chi connectivity index (χ0n) is 11.5. The second-order valence-corrected chi connectivity index (χ2v) is 5.32. The quantitative estimate of drug-likeness (QED) is 0.775. The van der Waals surface area contributed by atoms with Gasteiger partial charge in [-0.25, -0.2) is 0 Å². The van der Waals surface area contributed by atoms with Gasteiger partial charge in [0, 0.05) is 24.7 Å². The summed E-state index contributed by atoms with van der Waals surface area (Å²) in [5.74, 6) is 0.651. The Morgan fingerprint density at radius 2 is 1.88 bits per heavy atom. The maximum absolute atomic E-state index is 5.45. The molecule has 0 radical (unpaired) electrons. The van der Waals surface area contributed by atoms with Gasteiger partial charge < -0.3 is 10.1 Å². The molecule has 1 fully saturated rings. The molecule has 3 nitrogen and oxygen atoms in total. The summed E-state index contributed by atoms with van der Waals surface area (Å²) in [4.78, 5) is 2.59. The van der Waals surface area contributed by atoms with E-state index in [0.717, 1.165) is 26.3 Å². The van der Waals surface area contributed by atoms with Crippen molar-refractivity contribution in [2.45, 2.75) is 45.7 Å². The Morgan fingerprint density at radius 3 is 2.25 bits per heavy atom. The first-order valence-corrected chi connectivity index (χ1v) is 6.56. The smallest absolute Gasteiger partial charge is 0.0594 e. The summed E-state index contributed by atoms with van der Waals surface area (Å²) in [7, 11) is 2.08. The minimum Gasteiger partial charge on any atom is -0.379 e. The van der Waals surface area contributed by atoms with Gasteiger partial charge in [-0.2, -0.15) is 0 Å². The maximum atomic E-state index is 5.45. The van der Waals surface area contributed by atoms with Crippen LogP contribution in [0, 0.1) is 5.92 Å². The standard InChI is InChI=1S/C13H28N2O/c1-6-13(4,12(14-5)11(2)3)15-7-9-16-10-8-15/h11-12,14H,6-10H2,1-5H3. The third kappa shape index (κ3) is 2.76. The number of likely N-dealkylation sites (N-methyl/N-ethyl adjacent to an activating group) is 1. The van der Waals surface area contributed by atoms with Crippen LogP contribution in [0.25, 0.3) is 0 Å². The van der Waals surface area contributed by atoms with Crippen molar-refractivity contribution < 1.29 is 4.74 Å². The lowest BCUT2D eigenvalue weighted by atomic mass is 9.80. The molecule has 0 aromatic carbocycles. The van der Waals surface area contributed by atoms with Crippen molar-refractivity contribution in [1.82, 2.24) is 10.2 Å². The van der Waals surface area contributed by atoms with Crippen LogP contribution in [0.5, 0.6) is 0 Å². The van der Waals surface area contributed by atoms with E-state index in [1.165, 1.54) is 6.42 Å². The summed E-state index contributed by atoms with van der Waals surface area (Å²) in [6.07, 6.45) is 1.18. The molecule has 2 unspecified atom stereocenters. The molecule has 0 aliphatic carbocycles. The van der Waals surface area contributed by atoms with Crippen molar-refractivity contribution in [2.24, 2.45) is 5.92 Å². The van der Waals surface area contributed by atoms with Gasteiger partial charge in [-0.3, -0.25) is 4.90 Å². The first-order chi connectivity index (χ1) is 7.56. The van der Waals surface area contributed by atoms with E-state index in [1.807, 2.05) is 0 Å². The van der Waals surface area contributed by atoms with E-state index in [4.69, 9.17) is 4.74 Å². The molecule has 0 aromatic heterocycles. The predicted octanol–water partition coefficient (Wildman–Crippen LogP) is 1.73. The van der Waals surface area contributed by atoms with Gasteiger partial charge >= 0.3 is 0 Å². The fourth-order valence-corrected chi connectivity index (χ4v) is 3.08. The molecule has 16 heavy (non-hydrogen) atoms. The lowest BCUT2D eigenvalue weighted by Gasteiger charge is -2.49. The van der Waals surface area contributed by atoms with Gasteiger partial charge in [0.2, 0.25) is 0 Å². The van der Waals surface area contributed by atoms with Gasteiger partial charge in [0.25, 0.3) is 0 Å². The number of nitrogens with zero attached hydrogens (tertiary/aromatic N) is 1. The second kappa shape index (κ2) is 5.99. The van der Waals surface area contributed by atoms with Gasteiger partial charge in [0.15, 0.2) is 0 Å². The molecule has 0 spiro atoms. The molecule has 2 atom stereocenters. The van der Waals surface area contributed by atoms with Crippen molar-refractivity contribution >= 4 is 0 Å². The topological polar surface area (TPSA) is 24.5 Å². The van der Waals surface area contributed by atoms with Crippen LogP contribution in [-0.2, 0) is 4.74 Å². The third-order valence-corrected chi connectivity index (χ3v) is 4.10. The van der Waals surface area contributed by atoms with Crippen LogP contribution in [0.3, 0.4) is 0 Å². The minimum absolute atomic E-state index is 0.243. The molecule has 0 bridgehead atoms. The highest BCUT2D eigenvalue weighted by Gasteiger charge is 2.39. The zero-order chi connectivity index (χ0) is 12.2. The van der Waals surface area contributed by atoms with E-state index < -0.39 is 0 Å². The number of morpholine rings is 1. The Morgan fingerprint density at radius 1 is 1.31 bits per heavy atom.